The molecule has 0 heterocycles. The largest absolute Gasteiger partial charge is 0.345 e. The monoisotopic (exact) mass is 236 g/mol. The van der Waals surface area contributed by atoms with Gasteiger partial charge in [0.25, 0.3) is 7.37 Å². The van der Waals surface area contributed by atoms with E-state index in [-0.39, 0.29) is 6.16 Å². The number of allylic oxidation sites excluding steroid dienone is 1. The third kappa shape index (κ3) is 4.94. The summed E-state index contributed by atoms with van der Waals surface area (Å²) in [4.78, 5) is 0. The van der Waals surface area contributed by atoms with E-state index in [1.54, 1.807) is 13.0 Å². The standard InChI is InChI=1S/C10H21O4P/c1-5-9-15(11,14-8-4)10(12-6-2)13-7-3/h5,10H,1,6-9H2,2-4H3. The molecule has 0 aliphatic carbocycles. The van der Waals surface area contributed by atoms with E-state index in [1.165, 1.54) is 0 Å². The zero-order chi connectivity index (χ0) is 11.7. The highest BCUT2D eigenvalue weighted by Crippen LogP contribution is 2.52. The molecule has 0 aromatic heterocycles. The highest BCUT2D eigenvalue weighted by Gasteiger charge is 2.34. The van der Waals surface area contributed by atoms with Gasteiger partial charge in [-0.05, 0) is 20.8 Å². The Morgan fingerprint density at radius 3 is 2.07 bits per heavy atom. The molecule has 0 aliphatic rings. The number of rotatable bonds is 9. The molecule has 0 spiro atoms. The van der Waals surface area contributed by atoms with Crippen LogP contribution in [0.5, 0.6) is 0 Å². The Morgan fingerprint density at radius 1 is 1.20 bits per heavy atom. The van der Waals surface area contributed by atoms with Gasteiger partial charge in [-0.15, -0.1) is 6.58 Å². The Labute approximate surface area is 92.1 Å². The van der Waals surface area contributed by atoms with E-state index in [0.29, 0.717) is 19.8 Å². The van der Waals surface area contributed by atoms with E-state index >= 15 is 0 Å². The fraction of sp³-hybridized carbons (Fsp3) is 0.800. The average molecular weight is 236 g/mol. The van der Waals surface area contributed by atoms with Crippen LogP contribution in [0.25, 0.3) is 0 Å². The SMILES string of the molecule is C=CCP(=O)(OCC)C(OCC)OCC. The number of ether oxygens (including phenoxy) is 2. The summed E-state index contributed by atoms with van der Waals surface area (Å²) in [6.07, 6.45) is 1.84. The van der Waals surface area contributed by atoms with Crippen LogP contribution in [-0.2, 0) is 18.6 Å². The fourth-order valence-electron chi connectivity index (χ4n) is 1.16. The first-order valence-electron chi connectivity index (χ1n) is 5.21. The molecular formula is C10H21O4P. The van der Waals surface area contributed by atoms with E-state index < -0.39 is 13.4 Å². The van der Waals surface area contributed by atoms with E-state index in [4.69, 9.17) is 14.0 Å². The molecule has 1 unspecified atom stereocenters. The van der Waals surface area contributed by atoms with Crippen molar-refractivity contribution < 1.29 is 18.6 Å². The smallest absolute Gasteiger partial charge is 0.261 e. The molecule has 0 saturated heterocycles. The molecular weight excluding hydrogens is 215 g/mol. The predicted molar refractivity (Wildman–Crippen MR) is 61.3 cm³/mol. The van der Waals surface area contributed by atoms with Crippen LogP contribution in [-0.4, -0.2) is 32.0 Å². The Bertz CT molecular complexity index is 211. The molecule has 4 nitrogen and oxygen atoms in total. The van der Waals surface area contributed by atoms with E-state index in [9.17, 15) is 4.57 Å². The molecule has 0 N–H and O–H groups in total. The topological polar surface area (TPSA) is 44.8 Å². The van der Waals surface area contributed by atoms with Crippen LogP contribution < -0.4 is 0 Å². The maximum atomic E-state index is 12.3. The highest BCUT2D eigenvalue weighted by atomic mass is 31.2. The first-order chi connectivity index (χ1) is 7.14. The summed E-state index contributed by atoms with van der Waals surface area (Å²) >= 11 is 0. The summed E-state index contributed by atoms with van der Waals surface area (Å²) in [7, 11) is -2.93. The van der Waals surface area contributed by atoms with Gasteiger partial charge in [-0.3, -0.25) is 4.57 Å². The summed E-state index contributed by atoms with van der Waals surface area (Å²) in [5.74, 6) is 0. The van der Waals surface area contributed by atoms with Crippen molar-refractivity contribution in [1.29, 1.82) is 0 Å². The summed E-state index contributed by atoms with van der Waals surface area (Å²) < 4.78 is 28.2. The molecule has 0 aliphatic heterocycles. The Hall–Kier alpha value is -0.150. The molecule has 0 aromatic carbocycles. The summed E-state index contributed by atoms with van der Waals surface area (Å²) in [6, 6.07) is -0.773. The van der Waals surface area contributed by atoms with Crippen molar-refractivity contribution in [2.45, 2.75) is 26.8 Å². The summed E-state index contributed by atoms with van der Waals surface area (Å²) in [6.45, 7) is 10.3. The van der Waals surface area contributed by atoms with E-state index in [1.807, 2.05) is 13.8 Å². The zero-order valence-electron chi connectivity index (χ0n) is 9.77. The normalized spacial score (nSPS) is 15.2. The van der Waals surface area contributed by atoms with Crippen molar-refractivity contribution in [3.05, 3.63) is 12.7 Å². The van der Waals surface area contributed by atoms with Gasteiger partial charge < -0.3 is 14.0 Å². The lowest BCUT2D eigenvalue weighted by Crippen LogP contribution is -2.20. The van der Waals surface area contributed by atoms with Crippen molar-refractivity contribution in [2.75, 3.05) is 26.0 Å². The van der Waals surface area contributed by atoms with Crippen LogP contribution in [0.4, 0.5) is 0 Å². The maximum absolute atomic E-state index is 12.3. The predicted octanol–water partition coefficient (Wildman–Crippen LogP) is 2.84. The fourth-order valence-corrected chi connectivity index (χ4v) is 3.11. The molecule has 0 rings (SSSR count). The molecule has 0 amide bonds. The van der Waals surface area contributed by atoms with Crippen molar-refractivity contribution in [2.24, 2.45) is 0 Å². The molecule has 0 fully saturated rings. The lowest BCUT2D eigenvalue weighted by Gasteiger charge is -2.25. The second-order valence-corrected chi connectivity index (χ2v) is 5.33. The Morgan fingerprint density at radius 2 is 1.73 bits per heavy atom. The highest BCUT2D eigenvalue weighted by molar-refractivity contribution is 7.59. The van der Waals surface area contributed by atoms with Gasteiger partial charge in [-0.1, -0.05) is 6.08 Å². The first-order valence-corrected chi connectivity index (χ1v) is 7.09. The second-order valence-electron chi connectivity index (χ2n) is 2.83. The summed E-state index contributed by atoms with van der Waals surface area (Å²) in [5, 5.41) is 0. The minimum atomic E-state index is -2.93. The van der Waals surface area contributed by atoms with Gasteiger partial charge in [-0.2, -0.15) is 0 Å². The Kier molecular flexibility index (Phi) is 7.97. The summed E-state index contributed by atoms with van der Waals surface area (Å²) in [5.41, 5.74) is 0. The minimum Gasteiger partial charge on any atom is -0.345 e. The second kappa shape index (κ2) is 8.05. The molecule has 15 heavy (non-hydrogen) atoms. The van der Waals surface area contributed by atoms with Crippen molar-refractivity contribution in [3.63, 3.8) is 0 Å². The molecule has 0 aromatic rings. The number of hydrogen-bond donors (Lipinski definition) is 0. The lowest BCUT2D eigenvalue weighted by atomic mass is 10.8. The maximum Gasteiger partial charge on any atom is 0.261 e. The molecule has 5 heteroatoms. The zero-order valence-corrected chi connectivity index (χ0v) is 10.7. The molecule has 0 bridgehead atoms. The van der Waals surface area contributed by atoms with Crippen molar-refractivity contribution >= 4 is 7.37 Å². The number of hydrogen-bond acceptors (Lipinski definition) is 4. The Balaban J connectivity index is 4.63. The van der Waals surface area contributed by atoms with Crippen LogP contribution in [0.3, 0.4) is 0 Å². The van der Waals surface area contributed by atoms with Gasteiger partial charge in [0.2, 0.25) is 6.03 Å². The molecule has 1 atom stereocenters. The van der Waals surface area contributed by atoms with Gasteiger partial charge in [0.1, 0.15) is 0 Å². The van der Waals surface area contributed by atoms with Crippen LogP contribution in [0.15, 0.2) is 12.7 Å². The lowest BCUT2D eigenvalue weighted by molar-refractivity contribution is -0.0886. The van der Waals surface area contributed by atoms with Gasteiger partial charge in [0.15, 0.2) is 0 Å². The average Bonchev–Trinajstić information content (AvgIpc) is 2.18. The molecule has 0 radical (unpaired) electrons. The van der Waals surface area contributed by atoms with Gasteiger partial charge >= 0.3 is 0 Å². The van der Waals surface area contributed by atoms with Gasteiger partial charge in [0, 0.05) is 19.4 Å². The van der Waals surface area contributed by atoms with Gasteiger partial charge in [-0.25, -0.2) is 0 Å². The third-order valence-corrected chi connectivity index (χ3v) is 4.07. The third-order valence-electron chi connectivity index (χ3n) is 1.67. The van der Waals surface area contributed by atoms with Crippen molar-refractivity contribution in [1.82, 2.24) is 0 Å². The van der Waals surface area contributed by atoms with Crippen LogP contribution in [0.2, 0.25) is 0 Å². The molecule has 90 valence electrons. The molecule has 0 saturated carbocycles. The van der Waals surface area contributed by atoms with E-state index in [2.05, 4.69) is 6.58 Å². The van der Waals surface area contributed by atoms with Crippen LogP contribution in [0, 0.1) is 0 Å². The van der Waals surface area contributed by atoms with Crippen molar-refractivity contribution in [3.8, 4) is 0 Å². The van der Waals surface area contributed by atoms with Gasteiger partial charge in [0.05, 0.1) is 6.61 Å². The quantitative estimate of drug-likeness (QED) is 0.351. The minimum absolute atomic E-state index is 0.269. The van der Waals surface area contributed by atoms with Crippen LogP contribution in [0.1, 0.15) is 20.8 Å². The van der Waals surface area contributed by atoms with E-state index in [0.717, 1.165) is 0 Å². The first kappa shape index (κ1) is 14.8. The van der Waals surface area contributed by atoms with Crippen LogP contribution >= 0.6 is 7.37 Å².